The van der Waals surface area contributed by atoms with Crippen LogP contribution in [0.5, 0.6) is 5.75 Å². The minimum absolute atomic E-state index is 0.125. The van der Waals surface area contributed by atoms with Gasteiger partial charge in [0.2, 0.25) is 0 Å². The van der Waals surface area contributed by atoms with Crippen LogP contribution in [-0.4, -0.2) is 19.2 Å². The van der Waals surface area contributed by atoms with Crippen LogP contribution in [0.2, 0.25) is 0 Å². The molecule has 0 aromatic heterocycles. The number of ether oxygens (including phenoxy) is 1. The van der Waals surface area contributed by atoms with Crippen LogP contribution < -0.4 is 15.4 Å². The molecule has 0 spiro atoms. The van der Waals surface area contributed by atoms with E-state index >= 15 is 0 Å². The monoisotopic (exact) mass is 236 g/mol. The minimum Gasteiger partial charge on any atom is -0.492 e. The highest BCUT2D eigenvalue weighted by Crippen LogP contribution is 2.31. The fourth-order valence-corrected chi connectivity index (χ4v) is 1.60. The molecule has 0 aliphatic rings. The maximum atomic E-state index is 5.87. The van der Waals surface area contributed by atoms with Crippen LogP contribution in [0.15, 0.2) is 18.2 Å². The van der Waals surface area contributed by atoms with Gasteiger partial charge in [-0.15, -0.1) is 0 Å². The molecule has 17 heavy (non-hydrogen) atoms. The van der Waals surface area contributed by atoms with E-state index in [-0.39, 0.29) is 5.54 Å². The van der Waals surface area contributed by atoms with Gasteiger partial charge in [0.15, 0.2) is 0 Å². The molecular weight excluding hydrogens is 212 g/mol. The first-order valence-electron chi connectivity index (χ1n) is 6.18. The van der Waals surface area contributed by atoms with Crippen molar-refractivity contribution in [1.82, 2.24) is 0 Å². The lowest BCUT2D eigenvalue weighted by atomic mass is 9.99. The molecule has 2 N–H and O–H groups in total. The van der Waals surface area contributed by atoms with Crippen molar-refractivity contribution >= 4 is 11.4 Å². The standard InChI is InChI=1S/C14H24N2O/c1-6-14(3,4)16(5)11-8-9-12(15)13(10-11)17-7-2/h8-10H,6-7,15H2,1-5H3. The topological polar surface area (TPSA) is 38.5 Å². The smallest absolute Gasteiger partial charge is 0.144 e. The summed E-state index contributed by atoms with van der Waals surface area (Å²) < 4.78 is 5.52. The second-order valence-electron chi connectivity index (χ2n) is 4.88. The summed E-state index contributed by atoms with van der Waals surface area (Å²) >= 11 is 0. The molecule has 0 amide bonds. The van der Waals surface area contributed by atoms with E-state index in [1.54, 1.807) is 0 Å². The van der Waals surface area contributed by atoms with Gasteiger partial charge in [0, 0.05) is 24.3 Å². The lowest BCUT2D eigenvalue weighted by Gasteiger charge is -2.37. The van der Waals surface area contributed by atoms with Crippen molar-refractivity contribution in [3.05, 3.63) is 18.2 Å². The molecule has 0 aliphatic heterocycles. The summed E-state index contributed by atoms with van der Waals surface area (Å²) in [7, 11) is 2.10. The van der Waals surface area contributed by atoms with Crippen LogP contribution in [0.1, 0.15) is 34.1 Å². The molecule has 0 heterocycles. The molecule has 0 bridgehead atoms. The first kappa shape index (κ1) is 13.7. The summed E-state index contributed by atoms with van der Waals surface area (Å²) in [5.74, 6) is 0.767. The SMILES string of the molecule is CCOc1cc(N(C)C(C)(C)CC)ccc1N. The molecule has 96 valence electrons. The van der Waals surface area contributed by atoms with Gasteiger partial charge < -0.3 is 15.4 Å². The van der Waals surface area contributed by atoms with E-state index in [0.717, 1.165) is 17.9 Å². The third kappa shape index (κ3) is 3.05. The summed E-state index contributed by atoms with van der Waals surface area (Å²) in [6.45, 7) is 9.24. The van der Waals surface area contributed by atoms with Crippen LogP contribution in [0.25, 0.3) is 0 Å². The number of rotatable bonds is 5. The third-order valence-corrected chi connectivity index (χ3v) is 3.46. The van der Waals surface area contributed by atoms with Crippen molar-refractivity contribution in [2.75, 3.05) is 24.3 Å². The zero-order valence-electron chi connectivity index (χ0n) is 11.6. The number of anilines is 2. The highest BCUT2D eigenvalue weighted by molar-refractivity contribution is 5.62. The fourth-order valence-electron chi connectivity index (χ4n) is 1.60. The molecule has 1 rings (SSSR count). The molecule has 3 heteroatoms. The Morgan fingerprint density at radius 1 is 1.29 bits per heavy atom. The fraction of sp³-hybridized carbons (Fsp3) is 0.571. The van der Waals surface area contributed by atoms with Crippen LogP contribution in [0.4, 0.5) is 11.4 Å². The predicted molar refractivity (Wildman–Crippen MR) is 74.8 cm³/mol. The van der Waals surface area contributed by atoms with Gasteiger partial charge in [-0.3, -0.25) is 0 Å². The van der Waals surface area contributed by atoms with Crippen LogP contribution in [0.3, 0.4) is 0 Å². The average molecular weight is 236 g/mol. The Bertz CT molecular complexity index is 374. The lowest BCUT2D eigenvalue weighted by Crippen LogP contribution is -2.40. The second kappa shape index (κ2) is 5.30. The van der Waals surface area contributed by atoms with Crippen molar-refractivity contribution in [3.63, 3.8) is 0 Å². The van der Waals surface area contributed by atoms with Crippen molar-refractivity contribution in [1.29, 1.82) is 0 Å². The number of benzene rings is 1. The quantitative estimate of drug-likeness (QED) is 0.797. The molecule has 3 nitrogen and oxygen atoms in total. The van der Waals surface area contributed by atoms with Gasteiger partial charge >= 0.3 is 0 Å². The Balaban J connectivity index is 3.03. The number of nitrogens with two attached hydrogens (primary N) is 1. The summed E-state index contributed by atoms with van der Waals surface area (Å²) in [6, 6.07) is 5.95. The maximum absolute atomic E-state index is 5.87. The van der Waals surface area contributed by atoms with E-state index < -0.39 is 0 Å². The van der Waals surface area contributed by atoms with Gasteiger partial charge in [-0.25, -0.2) is 0 Å². The van der Waals surface area contributed by atoms with E-state index in [1.807, 2.05) is 25.1 Å². The number of hydrogen-bond acceptors (Lipinski definition) is 3. The largest absolute Gasteiger partial charge is 0.492 e. The number of nitrogens with zero attached hydrogens (tertiary/aromatic N) is 1. The Hall–Kier alpha value is -1.38. The predicted octanol–water partition coefficient (Wildman–Crippen LogP) is 3.29. The molecule has 0 saturated carbocycles. The molecule has 0 radical (unpaired) electrons. The lowest BCUT2D eigenvalue weighted by molar-refractivity contribution is 0.342. The average Bonchev–Trinajstić information content (AvgIpc) is 2.31. The molecule has 0 atom stereocenters. The van der Waals surface area contributed by atoms with Gasteiger partial charge in [-0.1, -0.05) is 6.92 Å². The van der Waals surface area contributed by atoms with Gasteiger partial charge in [0.25, 0.3) is 0 Å². The number of nitrogen functional groups attached to an aromatic ring is 1. The summed E-state index contributed by atoms with van der Waals surface area (Å²) in [5, 5.41) is 0. The van der Waals surface area contributed by atoms with Gasteiger partial charge in [-0.2, -0.15) is 0 Å². The number of hydrogen-bond donors (Lipinski definition) is 1. The van der Waals surface area contributed by atoms with Crippen LogP contribution >= 0.6 is 0 Å². The van der Waals surface area contributed by atoms with Crippen LogP contribution in [0, 0.1) is 0 Å². The van der Waals surface area contributed by atoms with Crippen LogP contribution in [-0.2, 0) is 0 Å². The van der Waals surface area contributed by atoms with Gasteiger partial charge in [0.1, 0.15) is 5.75 Å². The summed E-state index contributed by atoms with van der Waals surface area (Å²) in [6.07, 6.45) is 1.08. The Morgan fingerprint density at radius 2 is 1.94 bits per heavy atom. The van der Waals surface area contributed by atoms with Crippen molar-refractivity contribution in [2.24, 2.45) is 0 Å². The van der Waals surface area contributed by atoms with E-state index in [4.69, 9.17) is 10.5 Å². The van der Waals surface area contributed by atoms with Crippen molar-refractivity contribution < 1.29 is 4.74 Å². The third-order valence-electron chi connectivity index (χ3n) is 3.46. The van der Waals surface area contributed by atoms with E-state index in [2.05, 4.69) is 32.7 Å². The maximum Gasteiger partial charge on any atom is 0.144 e. The van der Waals surface area contributed by atoms with Gasteiger partial charge in [-0.05, 0) is 39.3 Å². The van der Waals surface area contributed by atoms with Crippen molar-refractivity contribution in [2.45, 2.75) is 39.7 Å². The molecule has 1 aromatic rings. The van der Waals surface area contributed by atoms with E-state index in [9.17, 15) is 0 Å². The first-order valence-corrected chi connectivity index (χ1v) is 6.18. The molecule has 1 aromatic carbocycles. The zero-order valence-corrected chi connectivity index (χ0v) is 11.6. The zero-order chi connectivity index (χ0) is 13.1. The molecule has 0 aliphatic carbocycles. The molecular formula is C14H24N2O. The summed E-state index contributed by atoms with van der Waals surface area (Å²) in [5.41, 5.74) is 7.82. The van der Waals surface area contributed by atoms with Gasteiger partial charge in [0.05, 0.1) is 12.3 Å². The van der Waals surface area contributed by atoms with Crippen molar-refractivity contribution in [3.8, 4) is 5.75 Å². The minimum atomic E-state index is 0.125. The molecule has 0 fully saturated rings. The second-order valence-corrected chi connectivity index (χ2v) is 4.88. The Kier molecular flexibility index (Phi) is 4.27. The Morgan fingerprint density at radius 3 is 2.47 bits per heavy atom. The molecule has 0 saturated heterocycles. The molecule has 0 unspecified atom stereocenters. The van der Waals surface area contributed by atoms with E-state index in [1.165, 1.54) is 0 Å². The highest BCUT2D eigenvalue weighted by atomic mass is 16.5. The van der Waals surface area contributed by atoms with E-state index in [0.29, 0.717) is 12.3 Å². The Labute approximate surface area is 105 Å². The summed E-state index contributed by atoms with van der Waals surface area (Å²) in [4.78, 5) is 2.26. The highest BCUT2D eigenvalue weighted by Gasteiger charge is 2.21. The first-order chi connectivity index (χ1) is 7.92. The normalized spacial score (nSPS) is 11.4.